The minimum atomic E-state index is 0.550. The highest BCUT2D eigenvalue weighted by Gasteiger charge is 2.04. The van der Waals surface area contributed by atoms with Crippen LogP contribution in [0, 0.1) is 0 Å². The summed E-state index contributed by atoms with van der Waals surface area (Å²) in [6.45, 7) is 0. The molecule has 0 fully saturated rings. The summed E-state index contributed by atoms with van der Waals surface area (Å²) >= 11 is 5.90. The summed E-state index contributed by atoms with van der Waals surface area (Å²) in [5, 5.41) is 0.745. The maximum atomic E-state index is 5.90. The van der Waals surface area contributed by atoms with E-state index in [4.69, 9.17) is 17.3 Å². The molecular formula is C11H12ClN3. The molecule has 1 aromatic carbocycles. The van der Waals surface area contributed by atoms with Crippen LogP contribution < -0.4 is 5.73 Å². The number of nitrogens with zero attached hydrogens (tertiary/aromatic N) is 2. The van der Waals surface area contributed by atoms with Gasteiger partial charge in [-0.25, -0.2) is 4.98 Å². The first-order valence-corrected chi connectivity index (χ1v) is 5.05. The highest BCUT2D eigenvalue weighted by atomic mass is 35.5. The van der Waals surface area contributed by atoms with Gasteiger partial charge in [0.1, 0.15) is 11.6 Å². The molecule has 0 aliphatic heterocycles. The second-order valence-electron chi connectivity index (χ2n) is 3.50. The molecule has 3 nitrogen and oxygen atoms in total. The molecule has 0 aliphatic rings. The van der Waals surface area contributed by atoms with E-state index in [1.54, 1.807) is 6.20 Å². The molecule has 0 radical (unpaired) electrons. The standard InChI is InChI=1S/C11H12ClN3/c1-15-7-10(13)14-11(15)6-8-3-2-4-9(12)5-8/h2-5,7H,6,13H2,1H3. The van der Waals surface area contributed by atoms with Crippen LogP contribution in [0.4, 0.5) is 5.82 Å². The fraction of sp³-hybridized carbons (Fsp3) is 0.182. The Morgan fingerprint density at radius 3 is 2.87 bits per heavy atom. The molecule has 0 bridgehead atoms. The zero-order chi connectivity index (χ0) is 10.8. The lowest BCUT2D eigenvalue weighted by molar-refractivity contribution is 0.822. The number of nitrogen functional groups attached to an aromatic ring is 1. The molecule has 2 N–H and O–H groups in total. The van der Waals surface area contributed by atoms with Crippen LogP contribution in [-0.4, -0.2) is 9.55 Å². The Morgan fingerprint density at radius 1 is 1.47 bits per heavy atom. The Hall–Kier alpha value is -1.48. The van der Waals surface area contributed by atoms with E-state index in [1.165, 1.54) is 0 Å². The van der Waals surface area contributed by atoms with E-state index in [0.717, 1.165) is 22.8 Å². The van der Waals surface area contributed by atoms with Crippen LogP contribution in [0.1, 0.15) is 11.4 Å². The first-order valence-electron chi connectivity index (χ1n) is 4.67. The van der Waals surface area contributed by atoms with E-state index in [2.05, 4.69) is 4.98 Å². The van der Waals surface area contributed by atoms with Crippen molar-refractivity contribution in [2.75, 3.05) is 5.73 Å². The number of aromatic nitrogens is 2. The van der Waals surface area contributed by atoms with Gasteiger partial charge in [-0.05, 0) is 17.7 Å². The van der Waals surface area contributed by atoms with Gasteiger partial charge in [0.05, 0.1) is 0 Å². The van der Waals surface area contributed by atoms with Gasteiger partial charge in [0, 0.05) is 24.7 Å². The molecule has 2 aromatic rings. The zero-order valence-corrected chi connectivity index (χ0v) is 9.20. The molecule has 0 saturated heterocycles. The van der Waals surface area contributed by atoms with Crippen molar-refractivity contribution in [3.8, 4) is 0 Å². The number of rotatable bonds is 2. The number of benzene rings is 1. The van der Waals surface area contributed by atoms with Crippen molar-refractivity contribution in [2.24, 2.45) is 7.05 Å². The van der Waals surface area contributed by atoms with Crippen LogP contribution in [0.15, 0.2) is 30.5 Å². The van der Waals surface area contributed by atoms with Crippen molar-refractivity contribution in [3.05, 3.63) is 46.9 Å². The van der Waals surface area contributed by atoms with Crippen molar-refractivity contribution in [1.29, 1.82) is 0 Å². The topological polar surface area (TPSA) is 43.8 Å². The first kappa shape index (κ1) is 10.1. The third kappa shape index (κ3) is 2.30. The molecule has 0 saturated carbocycles. The number of nitrogens with two attached hydrogens (primary N) is 1. The second-order valence-corrected chi connectivity index (χ2v) is 3.94. The Morgan fingerprint density at radius 2 is 2.27 bits per heavy atom. The molecular weight excluding hydrogens is 210 g/mol. The summed E-state index contributed by atoms with van der Waals surface area (Å²) in [6.07, 6.45) is 2.55. The van der Waals surface area contributed by atoms with Crippen LogP contribution in [-0.2, 0) is 13.5 Å². The number of aryl methyl sites for hydroxylation is 1. The largest absolute Gasteiger partial charge is 0.382 e. The monoisotopic (exact) mass is 221 g/mol. The number of imidazole rings is 1. The Labute approximate surface area is 93.5 Å². The molecule has 0 unspecified atom stereocenters. The van der Waals surface area contributed by atoms with Crippen molar-refractivity contribution >= 4 is 17.4 Å². The zero-order valence-electron chi connectivity index (χ0n) is 8.44. The highest BCUT2D eigenvalue weighted by Crippen LogP contribution is 2.14. The van der Waals surface area contributed by atoms with Gasteiger partial charge in [-0.1, -0.05) is 23.7 Å². The van der Waals surface area contributed by atoms with Gasteiger partial charge in [0.15, 0.2) is 0 Å². The third-order valence-corrected chi connectivity index (χ3v) is 2.48. The lowest BCUT2D eigenvalue weighted by Gasteiger charge is -2.01. The van der Waals surface area contributed by atoms with E-state index in [1.807, 2.05) is 35.9 Å². The van der Waals surface area contributed by atoms with E-state index < -0.39 is 0 Å². The molecule has 78 valence electrons. The molecule has 0 aliphatic carbocycles. The number of halogens is 1. The second kappa shape index (κ2) is 3.95. The fourth-order valence-corrected chi connectivity index (χ4v) is 1.74. The van der Waals surface area contributed by atoms with E-state index in [9.17, 15) is 0 Å². The fourth-order valence-electron chi connectivity index (χ4n) is 1.52. The van der Waals surface area contributed by atoms with Crippen molar-refractivity contribution in [3.63, 3.8) is 0 Å². The molecule has 1 heterocycles. The Bertz CT molecular complexity index is 476. The van der Waals surface area contributed by atoms with Gasteiger partial charge in [0.2, 0.25) is 0 Å². The minimum absolute atomic E-state index is 0.550. The molecule has 0 spiro atoms. The smallest absolute Gasteiger partial charge is 0.141 e. The van der Waals surface area contributed by atoms with Gasteiger partial charge < -0.3 is 10.3 Å². The van der Waals surface area contributed by atoms with E-state index in [-0.39, 0.29) is 0 Å². The van der Waals surface area contributed by atoms with E-state index >= 15 is 0 Å². The van der Waals surface area contributed by atoms with Crippen LogP contribution in [0.5, 0.6) is 0 Å². The predicted molar refractivity (Wildman–Crippen MR) is 61.9 cm³/mol. The quantitative estimate of drug-likeness (QED) is 0.846. The lowest BCUT2D eigenvalue weighted by Crippen LogP contribution is -1.98. The summed E-state index contributed by atoms with van der Waals surface area (Å²) in [5.74, 6) is 1.49. The average molecular weight is 222 g/mol. The number of hydrogen-bond acceptors (Lipinski definition) is 2. The van der Waals surface area contributed by atoms with Gasteiger partial charge >= 0.3 is 0 Å². The third-order valence-electron chi connectivity index (χ3n) is 2.24. The van der Waals surface area contributed by atoms with Crippen LogP contribution in [0.2, 0.25) is 5.02 Å². The summed E-state index contributed by atoms with van der Waals surface area (Å²) in [6, 6.07) is 7.75. The van der Waals surface area contributed by atoms with Crippen LogP contribution in [0.3, 0.4) is 0 Å². The molecule has 0 atom stereocenters. The summed E-state index contributed by atoms with van der Waals surface area (Å²) < 4.78 is 1.93. The SMILES string of the molecule is Cn1cc(N)nc1Cc1cccc(Cl)c1. The Kier molecular flexibility index (Phi) is 2.64. The number of anilines is 1. The maximum Gasteiger partial charge on any atom is 0.141 e. The van der Waals surface area contributed by atoms with Crippen molar-refractivity contribution < 1.29 is 0 Å². The summed E-state index contributed by atoms with van der Waals surface area (Å²) in [4.78, 5) is 4.23. The number of hydrogen-bond donors (Lipinski definition) is 1. The molecule has 4 heteroatoms. The highest BCUT2D eigenvalue weighted by molar-refractivity contribution is 6.30. The van der Waals surface area contributed by atoms with Gasteiger partial charge in [0.25, 0.3) is 0 Å². The van der Waals surface area contributed by atoms with Crippen LogP contribution >= 0.6 is 11.6 Å². The molecule has 0 amide bonds. The average Bonchev–Trinajstić information content (AvgIpc) is 2.45. The maximum absolute atomic E-state index is 5.90. The summed E-state index contributed by atoms with van der Waals surface area (Å²) in [5.41, 5.74) is 6.74. The van der Waals surface area contributed by atoms with E-state index in [0.29, 0.717) is 5.82 Å². The molecule has 15 heavy (non-hydrogen) atoms. The predicted octanol–water partition coefficient (Wildman–Crippen LogP) is 2.25. The van der Waals surface area contributed by atoms with Crippen LogP contribution in [0.25, 0.3) is 0 Å². The van der Waals surface area contributed by atoms with Gasteiger partial charge in [-0.15, -0.1) is 0 Å². The van der Waals surface area contributed by atoms with Gasteiger partial charge in [-0.3, -0.25) is 0 Å². The summed E-state index contributed by atoms with van der Waals surface area (Å²) in [7, 11) is 1.93. The molecule has 2 rings (SSSR count). The normalized spacial score (nSPS) is 10.5. The van der Waals surface area contributed by atoms with Crippen molar-refractivity contribution in [1.82, 2.24) is 9.55 Å². The van der Waals surface area contributed by atoms with Crippen molar-refractivity contribution in [2.45, 2.75) is 6.42 Å². The molecule has 1 aromatic heterocycles. The lowest BCUT2D eigenvalue weighted by atomic mass is 10.1. The Balaban J connectivity index is 2.25. The minimum Gasteiger partial charge on any atom is -0.382 e. The first-order chi connectivity index (χ1) is 7.15. The van der Waals surface area contributed by atoms with Gasteiger partial charge in [-0.2, -0.15) is 0 Å².